The third kappa shape index (κ3) is 5.58. The fourth-order valence-electron chi connectivity index (χ4n) is 1.81. The summed E-state index contributed by atoms with van der Waals surface area (Å²) in [6.45, 7) is 3.03. The van der Waals surface area contributed by atoms with E-state index in [4.69, 9.17) is 14.2 Å². The molecule has 22 heavy (non-hydrogen) atoms. The van der Waals surface area contributed by atoms with Gasteiger partial charge in [-0.05, 0) is 36.2 Å². The second-order valence-corrected chi connectivity index (χ2v) is 4.77. The third-order valence-electron chi connectivity index (χ3n) is 2.86. The van der Waals surface area contributed by atoms with Gasteiger partial charge in [-0.1, -0.05) is 37.3 Å². The molecule has 2 aromatic carbocycles. The molecular formula is C18H20O4. The predicted molar refractivity (Wildman–Crippen MR) is 84.0 cm³/mol. The van der Waals surface area contributed by atoms with Crippen molar-refractivity contribution in [3.05, 3.63) is 60.2 Å². The molecule has 0 aliphatic rings. The third-order valence-corrected chi connectivity index (χ3v) is 2.86. The molecule has 4 nitrogen and oxygen atoms in total. The van der Waals surface area contributed by atoms with Gasteiger partial charge in [-0.3, -0.25) is 0 Å². The highest BCUT2D eigenvalue weighted by Crippen LogP contribution is 2.17. The first kappa shape index (κ1) is 16.0. The maximum absolute atomic E-state index is 11.7. The summed E-state index contributed by atoms with van der Waals surface area (Å²) in [7, 11) is 0. The molecule has 4 heteroatoms. The van der Waals surface area contributed by atoms with Crippen LogP contribution in [0.1, 0.15) is 18.9 Å². The Balaban J connectivity index is 1.72. The van der Waals surface area contributed by atoms with Crippen LogP contribution in [0.15, 0.2) is 54.6 Å². The molecule has 0 N–H and O–H groups in total. The van der Waals surface area contributed by atoms with E-state index in [0.717, 1.165) is 17.7 Å². The van der Waals surface area contributed by atoms with Crippen molar-refractivity contribution in [1.82, 2.24) is 0 Å². The largest absolute Gasteiger partial charge is 0.494 e. The van der Waals surface area contributed by atoms with Gasteiger partial charge in [0.25, 0.3) is 0 Å². The van der Waals surface area contributed by atoms with Crippen LogP contribution in [0.4, 0.5) is 0 Å². The smallest absolute Gasteiger partial charge is 0.337 e. The Kier molecular flexibility index (Phi) is 6.45. The normalized spacial score (nSPS) is 10.2. The summed E-state index contributed by atoms with van der Waals surface area (Å²) in [5, 5.41) is 0. The predicted octanol–water partition coefficient (Wildman–Crippen LogP) is 3.60. The molecule has 0 unspecified atom stereocenters. The Bertz CT molecular complexity index is 563. The van der Waals surface area contributed by atoms with Crippen molar-refractivity contribution >= 4 is 5.97 Å². The molecule has 0 aliphatic carbocycles. The molecule has 2 rings (SSSR count). The first-order chi connectivity index (χ1) is 10.8. The summed E-state index contributed by atoms with van der Waals surface area (Å²) >= 11 is 0. The van der Waals surface area contributed by atoms with Crippen molar-refractivity contribution in [1.29, 1.82) is 0 Å². The topological polar surface area (TPSA) is 44.8 Å². The van der Waals surface area contributed by atoms with Crippen molar-refractivity contribution in [2.45, 2.75) is 20.0 Å². The van der Waals surface area contributed by atoms with Gasteiger partial charge in [0.1, 0.15) is 18.1 Å². The lowest BCUT2D eigenvalue weighted by molar-refractivity contribution is -0.139. The molecule has 0 bridgehead atoms. The maximum Gasteiger partial charge on any atom is 0.337 e. The zero-order valence-corrected chi connectivity index (χ0v) is 12.7. The Morgan fingerprint density at radius 2 is 1.64 bits per heavy atom. The summed E-state index contributed by atoms with van der Waals surface area (Å²) in [6, 6.07) is 16.7. The SMILES string of the molecule is CCCOc1ccc(OC(=O)COCc2ccccc2)cc1. The van der Waals surface area contributed by atoms with E-state index in [1.54, 1.807) is 24.3 Å². The van der Waals surface area contributed by atoms with Gasteiger partial charge < -0.3 is 14.2 Å². The molecule has 0 radical (unpaired) electrons. The van der Waals surface area contributed by atoms with Crippen LogP contribution in [-0.4, -0.2) is 19.2 Å². The molecular weight excluding hydrogens is 280 g/mol. The lowest BCUT2D eigenvalue weighted by atomic mass is 10.2. The van der Waals surface area contributed by atoms with E-state index in [0.29, 0.717) is 19.0 Å². The second kappa shape index (κ2) is 8.85. The maximum atomic E-state index is 11.7. The van der Waals surface area contributed by atoms with E-state index >= 15 is 0 Å². The highest BCUT2D eigenvalue weighted by molar-refractivity contribution is 5.73. The van der Waals surface area contributed by atoms with E-state index in [1.807, 2.05) is 37.3 Å². The number of benzene rings is 2. The molecule has 2 aromatic rings. The van der Waals surface area contributed by atoms with E-state index in [2.05, 4.69) is 0 Å². The number of esters is 1. The molecule has 116 valence electrons. The molecule has 0 aromatic heterocycles. The van der Waals surface area contributed by atoms with Gasteiger partial charge in [0.05, 0.1) is 13.2 Å². The van der Waals surface area contributed by atoms with E-state index in [9.17, 15) is 4.79 Å². The molecule has 0 saturated heterocycles. The lowest BCUT2D eigenvalue weighted by Crippen LogP contribution is -2.15. The Labute approximate surface area is 130 Å². The van der Waals surface area contributed by atoms with Crippen molar-refractivity contribution < 1.29 is 19.0 Å². The van der Waals surface area contributed by atoms with Gasteiger partial charge in [0.2, 0.25) is 0 Å². The first-order valence-electron chi connectivity index (χ1n) is 7.33. The highest BCUT2D eigenvalue weighted by atomic mass is 16.6. The van der Waals surface area contributed by atoms with Crippen molar-refractivity contribution in [2.24, 2.45) is 0 Å². The summed E-state index contributed by atoms with van der Waals surface area (Å²) in [5.41, 5.74) is 1.02. The molecule has 0 aliphatic heterocycles. The van der Waals surface area contributed by atoms with Crippen LogP contribution in [0.25, 0.3) is 0 Å². The molecule has 0 saturated carbocycles. The Morgan fingerprint density at radius 3 is 2.32 bits per heavy atom. The zero-order chi connectivity index (χ0) is 15.6. The molecule has 0 spiro atoms. The number of hydrogen-bond donors (Lipinski definition) is 0. The number of carbonyl (C=O) groups is 1. The van der Waals surface area contributed by atoms with Crippen molar-refractivity contribution in [2.75, 3.05) is 13.2 Å². The average molecular weight is 300 g/mol. The van der Waals surface area contributed by atoms with Gasteiger partial charge in [-0.2, -0.15) is 0 Å². The van der Waals surface area contributed by atoms with Crippen molar-refractivity contribution in [3.63, 3.8) is 0 Å². The van der Waals surface area contributed by atoms with Crippen LogP contribution >= 0.6 is 0 Å². The summed E-state index contributed by atoms with van der Waals surface area (Å²) in [4.78, 5) is 11.7. The van der Waals surface area contributed by atoms with Gasteiger partial charge in [0, 0.05) is 0 Å². The standard InChI is InChI=1S/C18H20O4/c1-2-12-21-16-8-10-17(11-9-16)22-18(19)14-20-13-15-6-4-3-5-7-15/h3-11H,2,12-14H2,1H3. The lowest BCUT2D eigenvalue weighted by Gasteiger charge is -2.07. The van der Waals surface area contributed by atoms with Crippen LogP contribution in [0, 0.1) is 0 Å². The first-order valence-corrected chi connectivity index (χ1v) is 7.33. The van der Waals surface area contributed by atoms with Crippen LogP contribution in [0.5, 0.6) is 11.5 Å². The van der Waals surface area contributed by atoms with E-state index < -0.39 is 5.97 Å². The van der Waals surface area contributed by atoms with Gasteiger partial charge in [0.15, 0.2) is 0 Å². The average Bonchev–Trinajstić information content (AvgIpc) is 2.55. The molecule has 0 amide bonds. The van der Waals surface area contributed by atoms with Crippen LogP contribution in [0.3, 0.4) is 0 Å². The number of rotatable bonds is 8. The number of hydrogen-bond acceptors (Lipinski definition) is 4. The second-order valence-electron chi connectivity index (χ2n) is 4.77. The van der Waals surface area contributed by atoms with Crippen LogP contribution < -0.4 is 9.47 Å². The monoisotopic (exact) mass is 300 g/mol. The molecule has 0 atom stereocenters. The van der Waals surface area contributed by atoms with Gasteiger partial charge in [-0.25, -0.2) is 4.79 Å². The number of ether oxygens (including phenoxy) is 3. The highest BCUT2D eigenvalue weighted by Gasteiger charge is 2.05. The molecule has 0 heterocycles. The number of carbonyl (C=O) groups excluding carboxylic acids is 1. The van der Waals surface area contributed by atoms with Crippen LogP contribution in [-0.2, 0) is 16.1 Å². The quantitative estimate of drug-likeness (QED) is 0.552. The van der Waals surface area contributed by atoms with Gasteiger partial charge in [-0.15, -0.1) is 0 Å². The minimum atomic E-state index is -0.418. The summed E-state index contributed by atoms with van der Waals surface area (Å²) < 4.78 is 16.0. The van der Waals surface area contributed by atoms with Gasteiger partial charge >= 0.3 is 5.97 Å². The summed E-state index contributed by atoms with van der Waals surface area (Å²) in [6.07, 6.45) is 0.954. The Hall–Kier alpha value is -2.33. The fourth-order valence-corrected chi connectivity index (χ4v) is 1.81. The zero-order valence-electron chi connectivity index (χ0n) is 12.7. The minimum absolute atomic E-state index is 0.0804. The van der Waals surface area contributed by atoms with Crippen LogP contribution in [0.2, 0.25) is 0 Å². The fraction of sp³-hybridized carbons (Fsp3) is 0.278. The molecule has 0 fully saturated rings. The van der Waals surface area contributed by atoms with E-state index in [-0.39, 0.29) is 6.61 Å². The minimum Gasteiger partial charge on any atom is -0.494 e. The summed E-state index contributed by atoms with van der Waals surface area (Å²) in [5.74, 6) is 0.831. The Morgan fingerprint density at radius 1 is 0.955 bits per heavy atom. The van der Waals surface area contributed by atoms with Crippen molar-refractivity contribution in [3.8, 4) is 11.5 Å². The van der Waals surface area contributed by atoms with E-state index in [1.165, 1.54) is 0 Å².